The normalized spacial score (nSPS) is 17.1. The van der Waals surface area contributed by atoms with Crippen LogP contribution in [0.1, 0.15) is 53.2 Å². The van der Waals surface area contributed by atoms with Crippen molar-refractivity contribution in [2.75, 3.05) is 26.1 Å². The molecule has 1 aliphatic carbocycles. The number of nitrogens with zero attached hydrogens (tertiary/aromatic N) is 3. The van der Waals surface area contributed by atoms with E-state index < -0.39 is 17.5 Å². The summed E-state index contributed by atoms with van der Waals surface area (Å²) in [7, 11) is 1.44. The highest BCUT2D eigenvalue weighted by Gasteiger charge is 2.41. The molecule has 2 aromatic carbocycles. The van der Waals surface area contributed by atoms with Crippen molar-refractivity contribution in [3.05, 3.63) is 77.4 Å². The zero-order valence-corrected chi connectivity index (χ0v) is 21.7. The lowest BCUT2D eigenvalue weighted by Gasteiger charge is -2.34. The van der Waals surface area contributed by atoms with Crippen LogP contribution >= 0.6 is 0 Å². The standard InChI is InChI=1S/C29H30FN5O4/c1-37-24-7-6-21(30)16-22(24)27(36)33-17-18-2-4-20(5-3-18)26-34-25(23-10-13-32-28(31)35(23)26)19-8-11-29(12-9-19)38-14-15-39-29/h2-7,10,13,16,19H,8-9,11-12,14-15,17H2,1H3,(H2,31,32)(H,33,36). The molecule has 10 heteroatoms. The van der Waals surface area contributed by atoms with Crippen molar-refractivity contribution in [2.45, 2.75) is 43.9 Å². The number of amides is 1. The predicted molar refractivity (Wildman–Crippen MR) is 143 cm³/mol. The summed E-state index contributed by atoms with van der Waals surface area (Å²) in [6, 6.07) is 13.6. The smallest absolute Gasteiger partial charge is 0.255 e. The van der Waals surface area contributed by atoms with E-state index in [1.54, 1.807) is 6.20 Å². The Bertz CT molecular complexity index is 1500. The molecule has 0 atom stereocenters. The van der Waals surface area contributed by atoms with Gasteiger partial charge in [0, 0.05) is 37.1 Å². The number of carbonyl (C=O) groups excluding carboxylic acids is 1. The quantitative estimate of drug-likeness (QED) is 0.378. The third kappa shape index (κ3) is 4.81. The van der Waals surface area contributed by atoms with E-state index in [0.717, 1.165) is 59.9 Å². The Balaban J connectivity index is 1.22. The number of ether oxygens (including phenoxy) is 3. The average Bonchev–Trinajstić information content (AvgIpc) is 3.58. The van der Waals surface area contributed by atoms with Crippen LogP contribution in [0, 0.1) is 5.82 Å². The van der Waals surface area contributed by atoms with Gasteiger partial charge in [0.05, 0.1) is 37.1 Å². The molecule has 0 radical (unpaired) electrons. The summed E-state index contributed by atoms with van der Waals surface area (Å²) in [4.78, 5) is 22.0. The Hall–Kier alpha value is -4.02. The summed E-state index contributed by atoms with van der Waals surface area (Å²) >= 11 is 0. The van der Waals surface area contributed by atoms with Crippen LogP contribution in [0.2, 0.25) is 0 Å². The van der Waals surface area contributed by atoms with E-state index in [4.69, 9.17) is 24.9 Å². The molecule has 0 unspecified atom stereocenters. The maximum Gasteiger partial charge on any atom is 0.255 e. The number of nitrogens with two attached hydrogens (primary N) is 1. The van der Waals surface area contributed by atoms with E-state index in [-0.39, 0.29) is 18.0 Å². The van der Waals surface area contributed by atoms with Gasteiger partial charge in [-0.25, -0.2) is 14.4 Å². The number of nitrogens with one attached hydrogen (secondary N) is 1. The van der Waals surface area contributed by atoms with E-state index in [9.17, 15) is 9.18 Å². The van der Waals surface area contributed by atoms with E-state index >= 15 is 0 Å². The van der Waals surface area contributed by atoms with Crippen LogP contribution in [-0.4, -0.2) is 46.4 Å². The molecule has 4 aromatic rings. The number of fused-ring (bicyclic) bond motifs is 1. The summed E-state index contributed by atoms with van der Waals surface area (Å²) in [5, 5.41) is 2.83. The molecular formula is C29H30FN5O4. The number of imidazole rings is 1. The zero-order valence-electron chi connectivity index (χ0n) is 21.7. The van der Waals surface area contributed by atoms with E-state index in [1.165, 1.54) is 19.2 Å². The summed E-state index contributed by atoms with van der Waals surface area (Å²) < 4.78 is 32.6. The van der Waals surface area contributed by atoms with Gasteiger partial charge in [0.1, 0.15) is 17.4 Å². The van der Waals surface area contributed by atoms with Crippen LogP contribution in [0.5, 0.6) is 5.75 Å². The summed E-state index contributed by atoms with van der Waals surface area (Å²) in [5.74, 6) is 0.326. The molecule has 1 saturated carbocycles. The van der Waals surface area contributed by atoms with Gasteiger partial charge in [-0.2, -0.15) is 0 Å². The minimum absolute atomic E-state index is 0.146. The molecule has 1 amide bonds. The van der Waals surface area contributed by atoms with Crippen molar-refractivity contribution in [3.8, 4) is 17.1 Å². The van der Waals surface area contributed by atoms with Gasteiger partial charge < -0.3 is 25.3 Å². The summed E-state index contributed by atoms with van der Waals surface area (Å²) in [5.41, 5.74) is 10.2. The predicted octanol–water partition coefficient (Wildman–Crippen LogP) is 4.46. The maximum absolute atomic E-state index is 13.7. The first-order valence-corrected chi connectivity index (χ1v) is 13.1. The Morgan fingerprint density at radius 3 is 2.62 bits per heavy atom. The van der Waals surface area contributed by atoms with Crippen LogP contribution in [-0.2, 0) is 16.0 Å². The van der Waals surface area contributed by atoms with Crippen molar-refractivity contribution in [2.24, 2.45) is 0 Å². The maximum atomic E-state index is 13.7. The second-order valence-corrected chi connectivity index (χ2v) is 9.95. The van der Waals surface area contributed by atoms with Gasteiger partial charge in [-0.15, -0.1) is 0 Å². The highest BCUT2D eigenvalue weighted by atomic mass is 19.1. The number of carbonyl (C=O) groups is 1. The van der Waals surface area contributed by atoms with Gasteiger partial charge in [-0.3, -0.25) is 9.20 Å². The number of methoxy groups -OCH3 is 1. The third-order valence-corrected chi connectivity index (χ3v) is 7.63. The molecule has 1 aliphatic heterocycles. The highest BCUT2D eigenvalue weighted by Crippen LogP contribution is 2.43. The fraction of sp³-hybridized carbons (Fsp3) is 0.345. The van der Waals surface area contributed by atoms with Crippen molar-refractivity contribution in [3.63, 3.8) is 0 Å². The number of anilines is 1. The van der Waals surface area contributed by atoms with Crippen LogP contribution in [0.4, 0.5) is 10.3 Å². The van der Waals surface area contributed by atoms with Gasteiger partial charge in [-0.1, -0.05) is 24.3 Å². The summed E-state index contributed by atoms with van der Waals surface area (Å²) in [6.07, 6.45) is 5.24. The molecule has 6 rings (SSSR count). The third-order valence-electron chi connectivity index (χ3n) is 7.63. The Labute approximate surface area is 225 Å². The van der Waals surface area contributed by atoms with Gasteiger partial charge in [0.2, 0.25) is 5.95 Å². The molecule has 9 nitrogen and oxygen atoms in total. The van der Waals surface area contributed by atoms with Crippen molar-refractivity contribution >= 4 is 17.4 Å². The molecule has 202 valence electrons. The summed E-state index contributed by atoms with van der Waals surface area (Å²) in [6.45, 7) is 1.58. The van der Waals surface area contributed by atoms with Gasteiger partial charge >= 0.3 is 0 Å². The molecule has 1 spiro atoms. The first-order chi connectivity index (χ1) is 19.0. The monoisotopic (exact) mass is 531 g/mol. The van der Waals surface area contributed by atoms with Crippen LogP contribution in [0.25, 0.3) is 16.9 Å². The minimum atomic E-state index is -0.502. The first kappa shape index (κ1) is 25.3. The second-order valence-electron chi connectivity index (χ2n) is 9.95. The molecule has 1 saturated heterocycles. The Morgan fingerprint density at radius 1 is 1.15 bits per heavy atom. The molecular weight excluding hydrogens is 501 g/mol. The van der Waals surface area contributed by atoms with E-state index in [1.807, 2.05) is 34.7 Å². The Morgan fingerprint density at radius 2 is 1.90 bits per heavy atom. The average molecular weight is 532 g/mol. The second kappa shape index (κ2) is 10.3. The first-order valence-electron chi connectivity index (χ1n) is 13.1. The lowest BCUT2D eigenvalue weighted by molar-refractivity contribution is -0.178. The fourth-order valence-corrected chi connectivity index (χ4v) is 5.60. The number of hydrogen-bond donors (Lipinski definition) is 2. The van der Waals surface area contributed by atoms with Crippen molar-refractivity contribution in [1.82, 2.24) is 19.7 Å². The molecule has 2 fully saturated rings. The molecule has 39 heavy (non-hydrogen) atoms. The van der Waals surface area contributed by atoms with Crippen LogP contribution in [0.3, 0.4) is 0 Å². The topological polar surface area (TPSA) is 113 Å². The van der Waals surface area contributed by atoms with Crippen molar-refractivity contribution in [1.29, 1.82) is 0 Å². The number of halogens is 1. The largest absolute Gasteiger partial charge is 0.496 e. The lowest BCUT2D eigenvalue weighted by atomic mass is 9.83. The van der Waals surface area contributed by atoms with Gasteiger partial charge in [0.15, 0.2) is 5.79 Å². The van der Waals surface area contributed by atoms with Gasteiger partial charge in [0.25, 0.3) is 5.91 Å². The molecule has 2 aromatic heterocycles. The molecule has 3 N–H and O–H groups in total. The number of nitrogen functional groups attached to an aromatic ring is 1. The fourth-order valence-electron chi connectivity index (χ4n) is 5.60. The van der Waals surface area contributed by atoms with E-state index in [0.29, 0.717) is 24.9 Å². The number of aromatic nitrogens is 3. The number of benzene rings is 2. The molecule has 3 heterocycles. The highest BCUT2D eigenvalue weighted by molar-refractivity contribution is 5.96. The van der Waals surface area contributed by atoms with Gasteiger partial charge in [-0.05, 0) is 42.7 Å². The number of hydrogen-bond acceptors (Lipinski definition) is 7. The van der Waals surface area contributed by atoms with E-state index in [2.05, 4.69) is 10.3 Å². The number of rotatable bonds is 6. The zero-order chi connectivity index (χ0) is 27.0. The lowest BCUT2D eigenvalue weighted by Crippen LogP contribution is -2.34. The SMILES string of the molecule is COc1ccc(F)cc1C(=O)NCc1ccc(-c2nc(C3CCC4(CC3)OCCO4)c3ccnc(N)n23)cc1. The van der Waals surface area contributed by atoms with Crippen LogP contribution in [0.15, 0.2) is 54.7 Å². The molecule has 0 bridgehead atoms. The van der Waals surface area contributed by atoms with Crippen molar-refractivity contribution < 1.29 is 23.4 Å². The minimum Gasteiger partial charge on any atom is -0.496 e. The van der Waals surface area contributed by atoms with Crippen LogP contribution < -0.4 is 15.8 Å². The Kier molecular flexibility index (Phi) is 6.66. The molecule has 2 aliphatic rings.